The summed E-state index contributed by atoms with van der Waals surface area (Å²) in [6.45, 7) is 7.38. The fourth-order valence-electron chi connectivity index (χ4n) is 3.22. The van der Waals surface area contributed by atoms with E-state index in [1.54, 1.807) is 36.7 Å². The number of aromatic nitrogens is 1. The summed E-state index contributed by atoms with van der Waals surface area (Å²) in [7, 11) is 3.84. The van der Waals surface area contributed by atoms with Crippen molar-refractivity contribution in [2.75, 3.05) is 26.1 Å². The van der Waals surface area contributed by atoms with Crippen LogP contribution in [0, 0.1) is 0 Å². The molecule has 3 aromatic rings. The van der Waals surface area contributed by atoms with Crippen LogP contribution in [-0.4, -0.2) is 42.6 Å². The first kappa shape index (κ1) is 20.9. The van der Waals surface area contributed by atoms with Crippen molar-refractivity contribution in [1.29, 1.82) is 0 Å². The monoisotopic (exact) mass is 417 g/mol. The van der Waals surface area contributed by atoms with Gasteiger partial charge in [0.15, 0.2) is 0 Å². The lowest BCUT2D eigenvalue weighted by atomic mass is 10.1. The van der Waals surface area contributed by atoms with Crippen LogP contribution in [0.15, 0.2) is 24.3 Å². The number of rotatable bonds is 8. The van der Waals surface area contributed by atoms with Crippen LogP contribution in [0.1, 0.15) is 31.2 Å². The predicted molar refractivity (Wildman–Crippen MR) is 119 cm³/mol. The van der Waals surface area contributed by atoms with Crippen molar-refractivity contribution < 1.29 is 9.53 Å². The molecule has 0 saturated carbocycles. The van der Waals surface area contributed by atoms with Crippen LogP contribution < -0.4 is 5.32 Å². The molecule has 2 heterocycles. The van der Waals surface area contributed by atoms with Gasteiger partial charge in [-0.2, -0.15) is 0 Å². The van der Waals surface area contributed by atoms with Crippen molar-refractivity contribution in [3.05, 3.63) is 34.7 Å². The average molecular weight is 418 g/mol. The zero-order valence-electron chi connectivity index (χ0n) is 17.0. The molecule has 5 nitrogen and oxygen atoms in total. The SMILES string of the molecule is CCc1c(CN(C)C(C)COC)sc(NC(C)=O)c1-c1nc2ccccc2s1. The number of thiophene rings is 1. The molecule has 0 aliphatic rings. The Bertz CT molecular complexity index is 931. The highest BCUT2D eigenvalue weighted by Crippen LogP contribution is 2.44. The van der Waals surface area contributed by atoms with Crippen molar-refractivity contribution in [3.63, 3.8) is 0 Å². The molecular formula is C21H27N3O2S2. The number of nitrogens with one attached hydrogen (secondary N) is 1. The van der Waals surface area contributed by atoms with E-state index in [1.807, 2.05) is 18.2 Å². The Morgan fingerprint density at radius 2 is 2.07 bits per heavy atom. The third-order valence-electron chi connectivity index (χ3n) is 4.79. The van der Waals surface area contributed by atoms with Crippen LogP contribution in [0.2, 0.25) is 0 Å². The number of benzene rings is 1. The number of hydrogen-bond donors (Lipinski definition) is 1. The number of fused-ring (bicyclic) bond motifs is 1. The van der Waals surface area contributed by atoms with E-state index in [9.17, 15) is 4.79 Å². The maximum Gasteiger partial charge on any atom is 0.221 e. The van der Waals surface area contributed by atoms with Crippen LogP contribution in [0.3, 0.4) is 0 Å². The van der Waals surface area contributed by atoms with E-state index in [1.165, 1.54) is 10.4 Å². The highest BCUT2D eigenvalue weighted by Gasteiger charge is 2.23. The number of carbonyl (C=O) groups excluding carboxylic acids is 1. The summed E-state index contributed by atoms with van der Waals surface area (Å²) in [6.07, 6.45) is 0.892. The number of methoxy groups -OCH3 is 1. The number of ether oxygens (including phenoxy) is 1. The molecule has 0 saturated heterocycles. The molecule has 28 heavy (non-hydrogen) atoms. The molecule has 1 amide bonds. The van der Waals surface area contributed by atoms with Gasteiger partial charge in [0.05, 0.1) is 16.8 Å². The summed E-state index contributed by atoms with van der Waals surface area (Å²) in [5.41, 5.74) is 3.34. The lowest BCUT2D eigenvalue weighted by Crippen LogP contribution is -2.32. The van der Waals surface area contributed by atoms with Crippen LogP contribution in [-0.2, 0) is 22.5 Å². The minimum Gasteiger partial charge on any atom is -0.383 e. The summed E-state index contributed by atoms with van der Waals surface area (Å²) in [5, 5.41) is 4.91. The van der Waals surface area contributed by atoms with Crippen LogP contribution >= 0.6 is 22.7 Å². The van der Waals surface area contributed by atoms with E-state index in [0.29, 0.717) is 12.6 Å². The molecule has 0 spiro atoms. The third kappa shape index (κ3) is 4.43. The first-order valence-corrected chi connectivity index (χ1v) is 11.0. The van der Waals surface area contributed by atoms with Crippen molar-refractivity contribution >= 4 is 43.8 Å². The minimum atomic E-state index is -0.0566. The first-order valence-electron chi connectivity index (χ1n) is 9.41. The molecule has 7 heteroatoms. The molecule has 0 aliphatic heterocycles. The maximum absolute atomic E-state index is 11.8. The highest BCUT2D eigenvalue weighted by molar-refractivity contribution is 7.22. The summed E-state index contributed by atoms with van der Waals surface area (Å²) < 4.78 is 6.46. The largest absolute Gasteiger partial charge is 0.383 e. The van der Waals surface area contributed by atoms with Crippen molar-refractivity contribution in [1.82, 2.24) is 9.88 Å². The lowest BCUT2D eigenvalue weighted by molar-refractivity contribution is -0.114. The van der Waals surface area contributed by atoms with Crippen LogP contribution in [0.25, 0.3) is 20.8 Å². The van der Waals surface area contributed by atoms with E-state index in [0.717, 1.165) is 38.8 Å². The Labute approximate surface area is 174 Å². The van der Waals surface area contributed by atoms with Gasteiger partial charge in [-0.25, -0.2) is 4.98 Å². The molecule has 150 valence electrons. The van der Waals surface area contributed by atoms with Gasteiger partial charge in [-0.15, -0.1) is 22.7 Å². The standard InChI is InChI=1S/C21H27N3O2S2/c1-6-15-18(11-24(4)13(2)12-26-5)28-20(22-14(3)25)19(15)21-23-16-9-7-8-10-17(16)27-21/h7-10,13H,6,11-12H2,1-5H3,(H,22,25). The van der Waals surface area contributed by atoms with Gasteiger partial charge in [0.1, 0.15) is 10.0 Å². The number of nitrogens with zero attached hydrogens (tertiary/aromatic N) is 2. The van der Waals surface area contributed by atoms with Crippen molar-refractivity contribution in [2.24, 2.45) is 0 Å². The summed E-state index contributed by atoms with van der Waals surface area (Å²) in [5.74, 6) is -0.0566. The Balaban J connectivity index is 2.06. The zero-order chi connectivity index (χ0) is 20.3. The van der Waals surface area contributed by atoms with Crippen LogP contribution in [0.4, 0.5) is 5.00 Å². The van der Waals surface area contributed by atoms with Gasteiger partial charge in [-0.3, -0.25) is 9.69 Å². The molecule has 2 aromatic heterocycles. The summed E-state index contributed by atoms with van der Waals surface area (Å²) >= 11 is 3.34. The van der Waals surface area contributed by atoms with Gasteiger partial charge in [-0.05, 0) is 38.1 Å². The summed E-state index contributed by atoms with van der Waals surface area (Å²) in [6, 6.07) is 8.48. The second-order valence-electron chi connectivity index (χ2n) is 6.95. The van der Waals surface area contributed by atoms with Crippen LogP contribution in [0.5, 0.6) is 0 Å². The predicted octanol–water partition coefficient (Wildman–Crippen LogP) is 5.01. The van der Waals surface area contributed by atoms with Crippen molar-refractivity contribution in [2.45, 2.75) is 39.8 Å². The number of thiazole rings is 1. The fraction of sp³-hybridized carbons (Fsp3) is 0.429. The smallest absolute Gasteiger partial charge is 0.221 e. The number of para-hydroxylation sites is 1. The quantitative estimate of drug-likeness (QED) is 0.560. The Kier molecular flexibility index (Phi) is 6.82. The van der Waals surface area contributed by atoms with E-state index in [4.69, 9.17) is 9.72 Å². The zero-order valence-corrected chi connectivity index (χ0v) is 18.7. The fourth-order valence-corrected chi connectivity index (χ4v) is 5.73. The summed E-state index contributed by atoms with van der Waals surface area (Å²) in [4.78, 5) is 20.3. The Morgan fingerprint density at radius 3 is 2.71 bits per heavy atom. The van der Waals surface area contributed by atoms with Gasteiger partial charge in [0, 0.05) is 37.1 Å². The molecule has 1 atom stereocenters. The topological polar surface area (TPSA) is 54.5 Å². The number of likely N-dealkylation sites (N-methyl/N-ethyl adjacent to an activating group) is 1. The number of hydrogen-bond acceptors (Lipinski definition) is 6. The molecule has 0 aliphatic carbocycles. The minimum absolute atomic E-state index is 0.0566. The second-order valence-corrected chi connectivity index (χ2v) is 9.08. The molecule has 0 fully saturated rings. The van der Waals surface area contributed by atoms with Crippen molar-refractivity contribution in [3.8, 4) is 10.6 Å². The third-order valence-corrected chi connectivity index (χ3v) is 6.98. The van der Waals surface area contributed by atoms with E-state index < -0.39 is 0 Å². The molecule has 3 rings (SSSR count). The highest BCUT2D eigenvalue weighted by atomic mass is 32.1. The molecule has 1 N–H and O–H groups in total. The average Bonchev–Trinajstić information content (AvgIpc) is 3.21. The Morgan fingerprint density at radius 1 is 1.32 bits per heavy atom. The maximum atomic E-state index is 11.8. The lowest BCUT2D eigenvalue weighted by Gasteiger charge is -2.23. The Hall–Kier alpha value is -1.80. The van der Waals surface area contributed by atoms with Gasteiger partial charge in [0.25, 0.3) is 0 Å². The van der Waals surface area contributed by atoms with E-state index in [2.05, 4.69) is 37.2 Å². The van der Waals surface area contributed by atoms with Gasteiger partial charge < -0.3 is 10.1 Å². The van der Waals surface area contributed by atoms with E-state index in [-0.39, 0.29) is 5.91 Å². The normalized spacial score (nSPS) is 12.6. The van der Waals surface area contributed by atoms with Gasteiger partial charge >= 0.3 is 0 Å². The van der Waals surface area contributed by atoms with E-state index >= 15 is 0 Å². The first-order chi connectivity index (χ1) is 13.4. The number of anilines is 1. The molecule has 1 unspecified atom stereocenters. The van der Waals surface area contributed by atoms with Gasteiger partial charge in [-0.1, -0.05) is 19.1 Å². The second kappa shape index (κ2) is 9.13. The molecule has 0 bridgehead atoms. The molecular weight excluding hydrogens is 390 g/mol. The number of amides is 1. The molecule has 0 radical (unpaired) electrons. The molecule has 1 aromatic carbocycles. The van der Waals surface area contributed by atoms with Gasteiger partial charge in [0.2, 0.25) is 5.91 Å². The number of carbonyl (C=O) groups is 1.